The molecular weight excluding hydrogens is 433 g/mol. The van der Waals surface area contributed by atoms with E-state index < -0.39 is 11.6 Å². The summed E-state index contributed by atoms with van der Waals surface area (Å²) >= 11 is 0. The fourth-order valence-electron chi connectivity index (χ4n) is 4.48. The molecule has 176 valence electrons. The molecule has 1 atom stereocenters. The van der Waals surface area contributed by atoms with E-state index >= 15 is 0 Å². The minimum Gasteiger partial charge on any atom is -0.486 e. The maximum atomic E-state index is 14.8. The molecule has 3 aromatic rings. The number of benzene rings is 3. The predicted molar refractivity (Wildman–Crippen MR) is 132 cm³/mol. The minimum atomic E-state index is -0.783. The van der Waals surface area contributed by atoms with Gasteiger partial charge in [0.2, 0.25) is 0 Å². The van der Waals surface area contributed by atoms with Crippen molar-refractivity contribution in [3.63, 3.8) is 0 Å². The molecule has 4 heteroatoms. The van der Waals surface area contributed by atoms with E-state index in [1.165, 1.54) is 6.07 Å². The van der Waals surface area contributed by atoms with Crippen molar-refractivity contribution in [3.05, 3.63) is 107 Å². The fraction of sp³-hybridized carbons (Fsp3) is 0.267. The lowest BCUT2D eigenvalue weighted by Crippen LogP contribution is -2.08. The van der Waals surface area contributed by atoms with E-state index in [-0.39, 0.29) is 18.2 Å². The molecular formula is C30H29F3O. The molecule has 0 N–H and O–H groups in total. The molecule has 0 spiro atoms. The van der Waals surface area contributed by atoms with Gasteiger partial charge in [0.1, 0.15) is 6.61 Å². The van der Waals surface area contributed by atoms with E-state index in [4.69, 9.17) is 4.74 Å². The summed E-state index contributed by atoms with van der Waals surface area (Å²) in [5, 5.41) is 0. The molecule has 1 aliphatic rings. The molecule has 0 radical (unpaired) electrons. The van der Waals surface area contributed by atoms with Gasteiger partial charge >= 0.3 is 0 Å². The average Bonchev–Trinajstić information content (AvgIpc) is 2.85. The van der Waals surface area contributed by atoms with Crippen molar-refractivity contribution in [3.8, 4) is 16.9 Å². The van der Waals surface area contributed by atoms with Crippen LogP contribution in [0.4, 0.5) is 13.2 Å². The van der Waals surface area contributed by atoms with Crippen molar-refractivity contribution in [1.29, 1.82) is 0 Å². The summed E-state index contributed by atoms with van der Waals surface area (Å²) in [6.45, 7) is 5.79. The van der Waals surface area contributed by atoms with Crippen LogP contribution >= 0.6 is 0 Å². The quantitative estimate of drug-likeness (QED) is 0.305. The first-order valence-electron chi connectivity index (χ1n) is 11.7. The molecule has 34 heavy (non-hydrogen) atoms. The maximum absolute atomic E-state index is 14.8. The zero-order chi connectivity index (χ0) is 24.1. The molecule has 0 aliphatic heterocycles. The van der Waals surface area contributed by atoms with E-state index in [2.05, 4.69) is 12.7 Å². The monoisotopic (exact) mass is 462 g/mol. The third-order valence-electron chi connectivity index (χ3n) is 6.53. The Bertz CT molecular complexity index is 1190. The second kappa shape index (κ2) is 10.8. The number of allylic oxidation sites excluding steroid dienone is 2. The first-order chi connectivity index (χ1) is 16.5. The lowest BCUT2D eigenvalue weighted by Gasteiger charge is -2.22. The topological polar surface area (TPSA) is 9.23 Å². The summed E-state index contributed by atoms with van der Waals surface area (Å²) < 4.78 is 49.1. The third kappa shape index (κ3) is 5.44. The Morgan fingerprint density at radius 1 is 0.971 bits per heavy atom. The summed E-state index contributed by atoms with van der Waals surface area (Å²) in [6.07, 6.45) is 7.62. The van der Waals surface area contributed by atoms with Crippen LogP contribution in [0.5, 0.6) is 5.75 Å². The lowest BCUT2D eigenvalue weighted by atomic mass is 9.83. The molecule has 0 heterocycles. The van der Waals surface area contributed by atoms with Crippen molar-refractivity contribution in [1.82, 2.24) is 0 Å². The SMILES string of the molecule is C=CCOc1ccc(C2=CCC(CCc3ccc(-c4ccc(C)cc4)c(F)c3F)CC2)cc1F. The Balaban J connectivity index is 1.37. The molecule has 0 saturated heterocycles. The molecule has 4 rings (SSSR count). The van der Waals surface area contributed by atoms with E-state index in [0.717, 1.165) is 42.4 Å². The van der Waals surface area contributed by atoms with Crippen LogP contribution in [0, 0.1) is 30.3 Å². The largest absolute Gasteiger partial charge is 0.486 e. The van der Waals surface area contributed by atoms with Gasteiger partial charge in [-0.1, -0.05) is 66.8 Å². The van der Waals surface area contributed by atoms with Crippen molar-refractivity contribution in [2.24, 2.45) is 5.92 Å². The Morgan fingerprint density at radius 2 is 1.74 bits per heavy atom. The second-order valence-electron chi connectivity index (χ2n) is 8.92. The molecule has 1 nitrogen and oxygen atoms in total. The fourth-order valence-corrected chi connectivity index (χ4v) is 4.48. The molecule has 0 bridgehead atoms. The average molecular weight is 463 g/mol. The Morgan fingerprint density at radius 3 is 2.41 bits per heavy atom. The number of rotatable bonds is 8. The highest BCUT2D eigenvalue weighted by Gasteiger charge is 2.19. The number of halogens is 3. The van der Waals surface area contributed by atoms with Gasteiger partial charge in [-0.15, -0.1) is 0 Å². The van der Waals surface area contributed by atoms with Crippen LogP contribution in [-0.4, -0.2) is 6.61 Å². The summed E-state index contributed by atoms with van der Waals surface area (Å²) in [6, 6.07) is 15.8. The van der Waals surface area contributed by atoms with Gasteiger partial charge in [-0.3, -0.25) is 0 Å². The van der Waals surface area contributed by atoms with Gasteiger partial charge in [0.05, 0.1) is 0 Å². The van der Waals surface area contributed by atoms with Gasteiger partial charge in [-0.2, -0.15) is 0 Å². The molecule has 0 aromatic heterocycles. The molecule has 1 aliphatic carbocycles. The number of hydrogen-bond donors (Lipinski definition) is 0. The molecule has 0 saturated carbocycles. The molecule has 0 amide bonds. The van der Waals surface area contributed by atoms with Crippen LogP contribution < -0.4 is 4.74 Å². The van der Waals surface area contributed by atoms with Crippen molar-refractivity contribution < 1.29 is 17.9 Å². The Kier molecular flexibility index (Phi) is 7.56. The van der Waals surface area contributed by atoms with Gasteiger partial charge in [-0.25, -0.2) is 13.2 Å². The molecule has 1 unspecified atom stereocenters. The third-order valence-corrected chi connectivity index (χ3v) is 6.53. The number of aryl methyl sites for hydroxylation is 2. The molecule has 3 aromatic carbocycles. The minimum absolute atomic E-state index is 0.223. The van der Waals surface area contributed by atoms with Gasteiger partial charge in [0, 0.05) is 5.56 Å². The van der Waals surface area contributed by atoms with Crippen molar-refractivity contribution in [2.45, 2.75) is 39.0 Å². The van der Waals surface area contributed by atoms with Crippen LogP contribution in [0.2, 0.25) is 0 Å². The van der Waals surface area contributed by atoms with Crippen LogP contribution in [0.3, 0.4) is 0 Å². The van der Waals surface area contributed by atoms with Crippen LogP contribution in [0.25, 0.3) is 16.7 Å². The Labute approximate surface area is 199 Å². The van der Waals surface area contributed by atoms with Gasteiger partial charge < -0.3 is 4.74 Å². The summed E-state index contributed by atoms with van der Waals surface area (Å²) in [7, 11) is 0. The zero-order valence-corrected chi connectivity index (χ0v) is 19.4. The first-order valence-corrected chi connectivity index (χ1v) is 11.7. The van der Waals surface area contributed by atoms with Crippen LogP contribution in [0.15, 0.2) is 73.3 Å². The Hall–Kier alpha value is -3.27. The van der Waals surface area contributed by atoms with E-state index in [9.17, 15) is 13.2 Å². The highest BCUT2D eigenvalue weighted by molar-refractivity contribution is 5.67. The normalized spacial score (nSPS) is 15.6. The van der Waals surface area contributed by atoms with E-state index in [1.807, 2.05) is 37.3 Å². The first kappa shape index (κ1) is 23.9. The predicted octanol–water partition coefficient (Wildman–Crippen LogP) is 8.46. The van der Waals surface area contributed by atoms with E-state index in [0.29, 0.717) is 29.0 Å². The standard InChI is InChI=1S/C30H29F3O/c1-3-18-34-28-17-15-25(19-27(28)31)22-11-6-21(7-12-22)8-13-24-14-16-26(30(33)29(24)32)23-9-4-20(2)5-10-23/h3-5,9-11,14-17,19,21H,1,6-8,12-13,18H2,2H3. The number of ether oxygens (including phenoxy) is 1. The van der Waals surface area contributed by atoms with Crippen LogP contribution in [-0.2, 0) is 6.42 Å². The van der Waals surface area contributed by atoms with E-state index in [1.54, 1.807) is 24.3 Å². The highest BCUT2D eigenvalue weighted by Crippen LogP contribution is 2.35. The van der Waals surface area contributed by atoms with Crippen molar-refractivity contribution >= 4 is 5.57 Å². The zero-order valence-electron chi connectivity index (χ0n) is 19.4. The summed E-state index contributed by atoms with van der Waals surface area (Å²) in [5.74, 6) is -1.30. The summed E-state index contributed by atoms with van der Waals surface area (Å²) in [5.41, 5.74) is 4.44. The lowest BCUT2D eigenvalue weighted by molar-refractivity contribution is 0.342. The molecule has 0 fully saturated rings. The van der Waals surface area contributed by atoms with Crippen LogP contribution in [0.1, 0.15) is 42.4 Å². The van der Waals surface area contributed by atoms with Gasteiger partial charge in [-0.05, 0) is 79.3 Å². The maximum Gasteiger partial charge on any atom is 0.166 e. The van der Waals surface area contributed by atoms with Gasteiger partial charge in [0.25, 0.3) is 0 Å². The summed E-state index contributed by atoms with van der Waals surface area (Å²) in [4.78, 5) is 0. The highest BCUT2D eigenvalue weighted by atomic mass is 19.2. The smallest absolute Gasteiger partial charge is 0.166 e. The van der Waals surface area contributed by atoms with Crippen molar-refractivity contribution in [2.75, 3.05) is 6.61 Å². The number of hydrogen-bond acceptors (Lipinski definition) is 1. The second-order valence-corrected chi connectivity index (χ2v) is 8.92. The van der Waals surface area contributed by atoms with Gasteiger partial charge in [0.15, 0.2) is 23.2 Å².